The highest BCUT2D eigenvalue weighted by Crippen LogP contribution is 2.38. The molecule has 0 saturated carbocycles. The number of anilines is 4. The van der Waals surface area contributed by atoms with Gasteiger partial charge in [0.15, 0.2) is 0 Å². The lowest BCUT2D eigenvalue weighted by Gasteiger charge is -2.40. The molecule has 0 radical (unpaired) electrons. The van der Waals surface area contributed by atoms with Crippen LogP contribution in [0.3, 0.4) is 0 Å². The van der Waals surface area contributed by atoms with E-state index in [0.29, 0.717) is 38.6 Å². The van der Waals surface area contributed by atoms with Gasteiger partial charge in [-0.2, -0.15) is 5.26 Å². The average Bonchev–Trinajstić information content (AvgIpc) is 3.55. The van der Waals surface area contributed by atoms with Crippen LogP contribution in [0.15, 0.2) is 67.0 Å². The van der Waals surface area contributed by atoms with Crippen LogP contribution in [-0.4, -0.2) is 50.6 Å². The second-order valence-electron chi connectivity index (χ2n) is 12.7. The summed E-state index contributed by atoms with van der Waals surface area (Å²) in [5.74, 6) is -0.535. The number of piperidine rings is 1. The zero-order valence-corrected chi connectivity index (χ0v) is 28.2. The third-order valence-electron chi connectivity index (χ3n) is 8.67. The van der Waals surface area contributed by atoms with E-state index in [-0.39, 0.29) is 16.6 Å². The van der Waals surface area contributed by atoms with E-state index in [1.165, 1.54) is 18.3 Å². The maximum Gasteiger partial charge on any atom is 0.141 e. The molecular weight excluding hydrogens is 636 g/mol. The molecule has 0 spiro atoms. The first-order valence-corrected chi connectivity index (χ1v) is 16.2. The van der Waals surface area contributed by atoms with Crippen LogP contribution < -0.4 is 16.0 Å². The zero-order valence-electron chi connectivity index (χ0n) is 26.7. The number of rotatable bonds is 8. The van der Waals surface area contributed by atoms with Crippen molar-refractivity contribution in [3.63, 3.8) is 0 Å². The number of nitrogens with zero attached hydrogens (tertiary/aromatic N) is 6. The summed E-state index contributed by atoms with van der Waals surface area (Å²) >= 11 is 12.8. The van der Waals surface area contributed by atoms with Crippen LogP contribution >= 0.6 is 23.2 Å². The Bertz CT molecular complexity index is 1960. The van der Waals surface area contributed by atoms with E-state index < -0.39 is 11.9 Å². The molecule has 1 fully saturated rings. The SMILES string of the molecule is CNc1cccc([C@H](Nc2cc(Cl)cc3c(Nc4ccc(F)c(Cl)c4)c(C#N)cnc23)c2cn(C3CCN(C(C)(C)C)CC3)nn2)c1. The monoisotopic (exact) mass is 671 g/mol. The van der Waals surface area contributed by atoms with Gasteiger partial charge in [0.05, 0.1) is 45.8 Å². The smallest absolute Gasteiger partial charge is 0.141 e. The van der Waals surface area contributed by atoms with E-state index in [0.717, 1.165) is 42.9 Å². The molecule has 47 heavy (non-hydrogen) atoms. The van der Waals surface area contributed by atoms with E-state index in [2.05, 4.69) is 69.1 Å². The number of fused-ring (bicyclic) bond motifs is 1. The highest BCUT2D eigenvalue weighted by Gasteiger charge is 2.29. The molecule has 9 nitrogen and oxygen atoms in total. The first-order chi connectivity index (χ1) is 22.5. The molecule has 1 atom stereocenters. The third-order valence-corrected chi connectivity index (χ3v) is 9.17. The molecule has 1 saturated heterocycles. The lowest BCUT2D eigenvalue weighted by Crippen LogP contribution is -2.46. The summed E-state index contributed by atoms with van der Waals surface area (Å²) in [5.41, 5.74) is 5.32. The second kappa shape index (κ2) is 13.4. The van der Waals surface area contributed by atoms with E-state index in [9.17, 15) is 9.65 Å². The predicted octanol–water partition coefficient (Wildman–Crippen LogP) is 8.57. The van der Waals surface area contributed by atoms with Gasteiger partial charge in [0.2, 0.25) is 0 Å². The van der Waals surface area contributed by atoms with Gasteiger partial charge in [-0.05, 0) is 81.6 Å². The summed E-state index contributed by atoms with van der Waals surface area (Å²) in [7, 11) is 1.88. The van der Waals surface area contributed by atoms with Crippen molar-refractivity contribution in [3.05, 3.63) is 99.7 Å². The first kappa shape index (κ1) is 32.5. The van der Waals surface area contributed by atoms with Crippen molar-refractivity contribution in [1.29, 1.82) is 5.26 Å². The Balaban J connectivity index is 1.39. The van der Waals surface area contributed by atoms with E-state index in [1.54, 1.807) is 12.1 Å². The topological polar surface area (TPSA) is 107 Å². The maximum absolute atomic E-state index is 13.9. The molecule has 3 N–H and O–H groups in total. The zero-order chi connectivity index (χ0) is 33.3. The van der Waals surface area contributed by atoms with Crippen LogP contribution in [-0.2, 0) is 0 Å². The Labute approximate surface area is 283 Å². The predicted molar refractivity (Wildman–Crippen MR) is 187 cm³/mol. The molecule has 1 aliphatic rings. The van der Waals surface area contributed by atoms with Gasteiger partial charge in [-0.1, -0.05) is 40.5 Å². The number of aromatic nitrogens is 4. The normalized spacial score (nSPS) is 14.9. The molecule has 6 rings (SSSR count). The van der Waals surface area contributed by atoms with Gasteiger partial charge in [-0.25, -0.2) is 9.07 Å². The molecule has 0 unspecified atom stereocenters. The van der Waals surface area contributed by atoms with Crippen LogP contribution in [0.5, 0.6) is 0 Å². The molecule has 3 aromatic carbocycles. The van der Waals surface area contributed by atoms with Crippen molar-refractivity contribution >= 4 is 56.9 Å². The van der Waals surface area contributed by atoms with Gasteiger partial charge in [0.25, 0.3) is 0 Å². The molecule has 0 bridgehead atoms. The van der Waals surface area contributed by atoms with E-state index >= 15 is 0 Å². The quantitative estimate of drug-likeness (QED) is 0.151. The van der Waals surface area contributed by atoms with Crippen molar-refractivity contribution in [2.45, 2.75) is 51.2 Å². The molecule has 0 aliphatic carbocycles. The van der Waals surface area contributed by atoms with Gasteiger partial charge in [-0.3, -0.25) is 9.88 Å². The molecule has 242 valence electrons. The second-order valence-corrected chi connectivity index (χ2v) is 13.6. The molecule has 2 aromatic heterocycles. The summed E-state index contributed by atoms with van der Waals surface area (Å²) in [6.07, 6.45) is 5.52. The molecule has 3 heterocycles. The van der Waals surface area contributed by atoms with Gasteiger partial charge >= 0.3 is 0 Å². The van der Waals surface area contributed by atoms with Crippen molar-refractivity contribution < 1.29 is 4.39 Å². The Morgan fingerprint density at radius 3 is 2.53 bits per heavy atom. The largest absolute Gasteiger partial charge is 0.388 e. The highest BCUT2D eigenvalue weighted by atomic mass is 35.5. The lowest BCUT2D eigenvalue weighted by atomic mass is 9.98. The van der Waals surface area contributed by atoms with Crippen molar-refractivity contribution in [3.8, 4) is 6.07 Å². The standard InChI is InChI=1S/C35H36Cl2FN9/c1-35(2,3)46-12-10-26(11-13-46)47-20-31(44-45-47)33(21-6-5-7-24(14-21)40-4)43-30-16-23(36)15-27-32(22(18-39)19-41-34(27)30)42-25-8-9-29(38)28(37)17-25/h5-9,14-17,19-20,26,33,40,43H,10-13H2,1-4H3,(H,41,42)/t33-/m0/s1. The lowest BCUT2D eigenvalue weighted by molar-refractivity contribution is 0.0866. The Hall–Kier alpha value is -4.43. The minimum atomic E-state index is -0.535. The van der Waals surface area contributed by atoms with Gasteiger partial charge < -0.3 is 16.0 Å². The third kappa shape index (κ3) is 6.98. The summed E-state index contributed by atoms with van der Waals surface area (Å²) in [6, 6.07) is 18.0. The minimum Gasteiger partial charge on any atom is -0.388 e. The fourth-order valence-electron chi connectivity index (χ4n) is 6.07. The number of halogens is 3. The number of hydrogen-bond acceptors (Lipinski definition) is 8. The maximum atomic E-state index is 13.9. The van der Waals surface area contributed by atoms with Gasteiger partial charge in [-0.15, -0.1) is 5.10 Å². The molecule has 5 aromatic rings. The Morgan fingerprint density at radius 2 is 1.83 bits per heavy atom. The number of likely N-dealkylation sites (tertiary alicyclic amines) is 1. The van der Waals surface area contributed by atoms with Crippen LogP contribution in [0.2, 0.25) is 10.0 Å². The van der Waals surface area contributed by atoms with E-state index in [4.69, 9.17) is 23.2 Å². The van der Waals surface area contributed by atoms with Crippen LogP contribution in [0.4, 0.5) is 27.1 Å². The van der Waals surface area contributed by atoms with E-state index in [1.807, 2.05) is 42.2 Å². The number of benzene rings is 3. The Morgan fingerprint density at radius 1 is 1.04 bits per heavy atom. The molecule has 0 amide bonds. The number of hydrogen-bond donors (Lipinski definition) is 3. The Kier molecular flexibility index (Phi) is 9.24. The fourth-order valence-corrected chi connectivity index (χ4v) is 6.47. The highest BCUT2D eigenvalue weighted by molar-refractivity contribution is 6.32. The first-order valence-electron chi connectivity index (χ1n) is 15.5. The number of nitriles is 1. The van der Waals surface area contributed by atoms with Crippen molar-refractivity contribution in [2.24, 2.45) is 0 Å². The van der Waals surface area contributed by atoms with Crippen LogP contribution in [0, 0.1) is 17.1 Å². The molecular formula is C35H36Cl2FN9. The summed E-state index contributed by atoms with van der Waals surface area (Å²) < 4.78 is 15.9. The average molecular weight is 673 g/mol. The van der Waals surface area contributed by atoms with Crippen LogP contribution in [0.1, 0.15) is 62.5 Å². The summed E-state index contributed by atoms with van der Waals surface area (Å²) in [6.45, 7) is 8.76. The number of pyridine rings is 1. The fraction of sp³-hybridized carbons (Fsp3) is 0.314. The van der Waals surface area contributed by atoms with Gasteiger partial charge in [0.1, 0.15) is 17.6 Å². The van der Waals surface area contributed by atoms with Crippen LogP contribution in [0.25, 0.3) is 10.9 Å². The molecule has 1 aliphatic heterocycles. The van der Waals surface area contributed by atoms with Crippen molar-refractivity contribution in [1.82, 2.24) is 24.9 Å². The number of nitrogens with one attached hydrogen (secondary N) is 3. The minimum absolute atomic E-state index is 0.0355. The summed E-state index contributed by atoms with van der Waals surface area (Å²) in [5, 5.41) is 30.4. The van der Waals surface area contributed by atoms with Gasteiger partial charge in [0, 0.05) is 53.7 Å². The van der Waals surface area contributed by atoms with Crippen molar-refractivity contribution in [2.75, 3.05) is 36.1 Å². The summed E-state index contributed by atoms with van der Waals surface area (Å²) in [4.78, 5) is 7.19. The molecule has 12 heteroatoms.